The van der Waals surface area contributed by atoms with Crippen molar-refractivity contribution in [1.29, 1.82) is 0 Å². The Hall–Kier alpha value is -2.61. The van der Waals surface area contributed by atoms with Crippen molar-refractivity contribution >= 4 is 29.0 Å². The molecule has 0 unspecified atom stereocenters. The Morgan fingerprint density at radius 3 is 2.54 bits per heavy atom. The monoisotopic (exact) mass is 377 g/mol. The van der Waals surface area contributed by atoms with Crippen LogP contribution in [0.1, 0.15) is 36.3 Å². The Morgan fingerprint density at radius 2 is 1.96 bits per heavy atom. The molecule has 0 fully saturated rings. The topological polar surface area (TPSA) is 80.8 Å². The maximum Gasteiger partial charge on any atom is 0.357 e. The molecule has 8 heteroatoms. The molecule has 0 spiro atoms. The van der Waals surface area contributed by atoms with Crippen molar-refractivity contribution in [3.63, 3.8) is 0 Å². The van der Waals surface area contributed by atoms with Gasteiger partial charge in [0, 0.05) is 17.1 Å². The number of thiazole rings is 1. The second kappa shape index (κ2) is 9.19. The number of urea groups is 1. The molecule has 1 heterocycles. The minimum Gasteiger partial charge on any atom is -0.494 e. The summed E-state index contributed by atoms with van der Waals surface area (Å²) in [5, 5.41) is 5.17. The normalized spacial score (nSPS) is 10.5. The smallest absolute Gasteiger partial charge is 0.357 e. The van der Waals surface area contributed by atoms with Crippen LogP contribution in [0.25, 0.3) is 0 Å². The molecule has 2 rings (SSSR count). The van der Waals surface area contributed by atoms with E-state index in [0.29, 0.717) is 23.8 Å². The summed E-state index contributed by atoms with van der Waals surface area (Å²) in [4.78, 5) is 30.0. The summed E-state index contributed by atoms with van der Waals surface area (Å²) in [6, 6.07) is 6.92. The highest BCUT2D eigenvalue weighted by atomic mass is 32.1. The van der Waals surface area contributed by atoms with Gasteiger partial charge in [0.1, 0.15) is 10.8 Å². The molecule has 0 bridgehead atoms. The third-order valence-corrected chi connectivity index (χ3v) is 4.39. The highest BCUT2D eigenvalue weighted by molar-refractivity contribution is 7.09. The Bertz CT molecular complexity index is 743. The highest BCUT2D eigenvalue weighted by Crippen LogP contribution is 2.18. The molecular formula is C18H23N3O4S. The van der Waals surface area contributed by atoms with Gasteiger partial charge in [-0.15, -0.1) is 11.3 Å². The van der Waals surface area contributed by atoms with Gasteiger partial charge < -0.3 is 19.7 Å². The van der Waals surface area contributed by atoms with Crippen LogP contribution in [-0.4, -0.2) is 41.6 Å². The van der Waals surface area contributed by atoms with E-state index in [4.69, 9.17) is 4.74 Å². The van der Waals surface area contributed by atoms with Crippen molar-refractivity contribution in [2.75, 3.05) is 19.0 Å². The molecule has 26 heavy (non-hydrogen) atoms. The zero-order chi connectivity index (χ0) is 19.1. The minimum absolute atomic E-state index is 0.0387. The van der Waals surface area contributed by atoms with E-state index in [9.17, 15) is 9.59 Å². The van der Waals surface area contributed by atoms with Gasteiger partial charge in [0.25, 0.3) is 0 Å². The molecule has 0 aliphatic carbocycles. The summed E-state index contributed by atoms with van der Waals surface area (Å²) >= 11 is 1.32. The predicted octanol–water partition coefficient (Wildman–Crippen LogP) is 3.77. The summed E-state index contributed by atoms with van der Waals surface area (Å²) in [5.41, 5.74) is 0.932. The molecule has 1 aromatic carbocycles. The van der Waals surface area contributed by atoms with Crippen molar-refractivity contribution in [2.45, 2.75) is 33.4 Å². The molecule has 0 aliphatic rings. The fourth-order valence-electron chi connectivity index (χ4n) is 2.21. The standard InChI is InChI=1S/C18H23N3O4S/c1-5-25-14-8-6-13(7-9-14)19-18(23)21(12(2)3)10-16-20-15(11-26-16)17(22)24-4/h6-9,11-12H,5,10H2,1-4H3,(H,19,23). The van der Waals surface area contributed by atoms with Crippen LogP contribution in [0.3, 0.4) is 0 Å². The molecule has 2 amide bonds. The number of hydrogen-bond acceptors (Lipinski definition) is 6. The first-order valence-corrected chi connectivity index (χ1v) is 9.15. The molecule has 0 atom stereocenters. The van der Waals surface area contributed by atoms with Gasteiger partial charge in [-0.2, -0.15) is 0 Å². The lowest BCUT2D eigenvalue weighted by Crippen LogP contribution is -2.39. The van der Waals surface area contributed by atoms with E-state index in [-0.39, 0.29) is 17.8 Å². The van der Waals surface area contributed by atoms with Crippen LogP contribution in [0.4, 0.5) is 10.5 Å². The van der Waals surface area contributed by atoms with Crippen molar-refractivity contribution in [2.24, 2.45) is 0 Å². The largest absolute Gasteiger partial charge is 0.494 e. The highest BCUT2D eigenvalue weighted by Gasteiger charge is 2.20. The van der Waals surface area contributed by atoms with E-state index < -0.39 is 5.97 Å². The van der Waals surface area contributed by atoms with Gasteiger partial charge in [-0.1, -0.05) is 0 Å². The Morgan fingerprint density at radius 1 is 1.27 bits per heavy atom. The Kier molecular flexibility index (Phi) is 6.97. The summed E-state index contributed by atoms with van der Waals surface area (Å²) in [5.74, 6) is 0.270. The van der Waals surface area contributed by atoms with Crippen LogP contribution in [0.15, 0.2) is 29.6 Å². The number of nitrogens with one attached hydrogen (secondary N) is 1. The fraction of sp³-hybridized carbons (Fsp3) is 0.389. The molecule has 140 valence electrons. The van der Waals surface area contributed by atoms with Crippen LogP contribution in [-0.2, 0) is 11.3 Å². The number of ether oxygens (including phenoxy) is 2. The molecular weight excluding hydrogens is 354 g/mol. The number of carbonyl (C=O) groups is 2. The first kappa shape index (κ1) is 19.7. The average Bonchev–Trinajstić information content (AvgIpc) is 3.09. The van der Waals surface area contributed by atoms with Crippen LogP contribution < -0.4 is 10.1 Å². The third-order valence-electron chi connectivity index (χ3n) is 3.55. The SMILES string of the molecule is CCOc1ccc(NC(=O)N(Cc2nc(C(=O)OC)cs2)C(C)C)cc1. The average molecular weight is 377 g/mol. The van der Waals surface area contributed by atoms with E-state index in [1.54, 1.807) is 22.4 Å². The molecule has 0 aliphatic heterocycles. The number of aromatic nitrogens is 1. The molecule has 1 aromatic heterocycles. The lowest BCUT2D eigenvalue weighted by Gasteiger charge is -2.26. The number of esters is 1. The Balaban J connectivity index is 2.05. The number of anilines is 1. The molecule has 7 nitrogen and oxygen atoms in total. The van der Waals surface area contributed by atoms with Gasteiger partial charge in [-0.05, 0) is 45.0 Å². The molecule has 2 aromatic rings. The number of methoxy groups -OCH3 is 1. The van der Waals surface area contributed by atoms with Crippen LogP contribution >= 0.6 is 11.3 Å². The van der Waals surface area contributed by atoms with Gasteiger partial charge in [-0.3, -0.25) is 0 Å². The van der Waals surface area contributed by atoms with Crippen LogP contribution in [0.5, 0.6) is 5.75 Å². The van der Waals surface area contributed by atoms with Crippen molar-refractivity contribution in [3.05, 3.63) is 40.3 Å². The number of hydrogen-bond donors (Lipinski definition) is 1. The van der Waals surface area contributed by atoms with Gasteiger partial charge >= 0.3 is 12.0 Å². The van der Waals surface area contributed by atoms with E-state index in [1.807, 2.05) is 32.9 Å². The Labute approximate surface area is 156 Å². The van der Waals surface area contributed by atoms with Gasteiger partial charge in [0.15, 0.2) is 5.69 Å². The number of rotatable bonds is 7. The number of benzene rings is 1. The van der Waals surface area contributed by atoms with Crippen molar-refractivity contribution < 1.29 is 19.1 Å². The lowest BCUT2D eigenvalue weighted by atomic mass is 10.3. The van der Waals surface area contributed by atoms with E-state index in [1.165, 1.54) is 18.4 Å². The quantitative estimate of drug-likeness (QED) is 0.743. The van der Waals surface area contributed by atoms with E-state index >= 15 is 0 Å². The summed E-state index contributed by atoms with van der Waals surface area (Å²) in [6.07, 6.45) is 0. The van der Waals surface area contributed by atoms with Gasteiger partial charge in [0.05, 0.1) is 20.3 Å². The third kappa shape index (κ3) is 5.19. The second-order valence-corrected chi connectivity index (χ2v) is 6.67. The molecule has 0 saturated carbocycles. The molecule has 1 N–H and O–H groups in total. The maximum absolute atomic E-state index is 12.6. The maximum atomic E-state index is 12.6. The summed E-state index contributed by atoms with van der Waals surface area (Å²) < 4.78 is 10.1. The van der Waals surface area contributed by atoms with Gasteiger partial charge in [0.2, 0.25) is 0 Å². The van der Waals surface area contributed by atoms with E-state index in [2.05, 4.69) is 15.0 Å². The van der Waals surface area contributed by atoms with Crippen molar-refractivity contribution in [3.8, 4) is 5.75 Å². The van der Waals surface area contributed by atoms with E-state index in [0.717, 1.165) is 5.75 Å². The van der Waals surface area contributed by atoms with Crippen LogP contribution in [0, 0.1) is 0 Å². The van der Waals surface area contributed by atoms with Crippen molar-refractivity contribution in [1.82, 2.24) is 9.88 Å². The summed E-state index contributed by atoms with van der Waals surface area (Å²) in [7, 11) is 1.31. The zero-order valence-corrected chi connectivity index (χ0v) is 16.1. The number of carbonyl (C=O) groups excluding carboxylic acids is 2. The van der Waals surface area contributed by atoms with Gasteiger partial charge in [-0.25, -0.2) is 14.6 Å². The first-order valence-electron chi connectivity index (χ1n) is 8.27. The second-order valence-electron chi connectivity index (χ2n) is 5.73. The predicted molar refractivity (Wildman–Crippen MR) is 101 cm³/mol. The minimum atomic E-state index is -0.484. The number of amides is 2. The van der Waals surface area contributed by atoms with Crippen LogP contribution in [0.2, 0.25) is 0 Å². The number of nitrogens with zero attached hydrogens (tertiary/aromatic N) is 2. The zero-order valence-electron chi connectivity index (χ0n) is 15.3. The molecule has 0 saturated heterocycles. The molecule has 0 radical (unpaired) electrons. The first-order chi connectivity index (χ1) is 12.4. The summed E-state index contributed by atoms with van der Waals surface area (Å²) in [6.45, 7) is 6.66. The lowest BCUT2D eigenvalue weighted by molar-refractivity contribution is 0.0594. The fourth-order valence-corrected chi connectivity index (χ4v) is 2.97.